The summed E-state index contributed by atoms with van der Waals surface area (Å²) < 4.78 is 14.6. The van der Waals surface area contributed by atoms with Gasteiger partial charge in [-0.2, -0.15) is 5.26 Å². The maximum absolute atomic E-state index is 14.4. The molecule has 4 heteroatoms. The van der Waals surface area contributed by atoms with Crippen molar-refractivity contribution in [1.82, 2.24) is 0 Å². The molecular weight excluding hydrogens is 307 g/mol. The summed E-state index contributed by atoms with van der Waals surface area (Å²) in [6, 6.07) is 5.64. The van der Waals surface area contributed by atoms with Crippen molar-refractivity contribution in [2.45, 2.75) is 46.1 Å². The Kier molecular flexibility index (Phi) is 6.30. The molecule has 0 aromatic heterocycles. The van der Waals surface area contributed by atoms with Crippen LogP contribution in [0.4, 0.5) is 10.1 Å². The Bertz CT molecular complexity index is 468. The Morgan fingerprint density at radius 1 is 1.42 bits per heavy atom. The third-order valence-corrected chi connectivity index (χ3v) is 4.14. The van der Waals surface area contributed by atoms with E-state index in [0.29, 0.717) is 11.3 Å². The van der Waals surface area contributed by atoms with Gasteiger partial charge in [0.2, 0.25) is 0 Å². The van der Waals surface area contributed by atoms with Gasteiger partial charge in [-0.05, 0) is 47.8 Å². The number of hydrogen-bond acceptors (Lipinski definition) is 2. The predicted octanol–water partition coefficient (Wildman–Crippen LogP) is 4.86. The van der Waals surface area contributed by atoms with Crippen LogP contribution in [0.15, 0.2) is 16.6 Å². The van der Waals surface area contributed by atoms with Crippen LogP contribution in [0, 0.1) is 17.1 Å². The number of nitrogens with zero attached hydrogens (tertiary/aromatic N) is 2. The van der Waals surface area contributed by atoms with Crippen LogP contribution in [0.25, 0.3) is 0 Å². The molecule has 1 rings (SSSR count). The van der Waals surface area contributed by atoms with Gasteiger partial charge < -0.3 is 4.90 Å². The topological polar surface area (TPSA) is 27.0 Å². The molecular formula is C15H20BrFN2. The van der Waals surface area contributed by atoms with Crippen molar-refractivity contribution in [2.75, 3.05) is 11.4 Å². The van der Waals surface area contributed by atoms with Gasteiger partial charge in [-0.1, -0.05) is 20.3 Å². The summed E-state index contributed by atoms with van der Waals surface area (Å²) in [5.74, 6) is -0.338. The number of benzene rings is 1. The van der Waals surface area contributed by atoms with Crippen LogP contribution in [-0.2, 0) is 0 Å². The van der Waals surface area contributed by atoms with E-state index in [9.17, 15) is 4.39 Å². The molecule has 0 aliphatic heterocycles. The second kappa shape index (κ2) is 7.49. The van der Waals surface area contributed by atoms with Crippen LogP contribution in [-0.4, -0.2) is 12.6 Å². The van der Waals surface area contributed by atoms with E-state index in [-0.39, 0.29) is 16.3 Å². The number of rotatable bonds is 6. The molecule has 0 saturated heterocycles. The van der Waals surface area contributed by atoms with Crippen molar-refractivity contribution >= 4 is 21.6 Å². The van der Waals surface area contributed by atoms with Gasteiger partial charge in [0.05, 0.1) is 15.7 Å². The molecule has 0 N–H and O–H groups in total. The maximum atomic E-state index is 14.4. The van der Waals surface area contributed by atoms with Gasteiger partial charge in [0, 0.05) is 12.6 Å². The summed E-state index contributed by atoms with van der Waals surface area (Å²) in [6.07, 6.45) is 3.06. The Labute approximate surface area is 123 Å². The minimum absolute atomic E-state index is 0.261. The molecule has 2 nitrogen and oxygen atoms in total. The smallest absolute Gasteiger partial charge is 0.161 e. The van der Waals surface area contributed by atoms with E-state index in [2.05, 4.69) is 41.6 Å². The van der Waals surface area contributed by atoms with Gasteiger partial charge in [0.1, 0.15) is 6.07 Å². The highest BCUT2D eigenvalue weighted by molar-refractivity contribution is 9.10. The maximum Gasteiger partial charge on any atom is 0.161 e. The summed E-state index contributed by atoms with van der Waals surface area (Å²) in [7, 11) is 0. The molecule has 0 bridgehead atoms. The fourth-order valence-corrected chi connectivity index (χ4v) is 2.40. The second-order valence-electron chi connectivity index (χ2n) is 4.68. The first-order valence-electron chi connectivity index (χ1n) is 6.71. The molecule has 0 aliphatic carbocycles. The van der Waals surface area contributed by atoms with Crippen LogP contribution in [0.1, 0.15) is 45.6 Å². The molecule has 1 unspecified atom stereocenters. The molecule has 1 atom stereocenters. The first-order valence-corrected chi connectivity index (χ1v) is 7.50. The Balaban J connectivity index is 3.16. The fourth-order valence-electron chi connectivity index (χ4n) is 1.97. The van der Waals surface area contributed by atoms with Gasteiger partial charge in [-0.15, -0.1) is 0 Å². The molecule has 0 aliphatic rings. The average molecular weight is 327 g/mol. The van der Waals surface area contributed by atoms with E-state index in [4.69, 9.17) is 5.26 Å². The fraction of sp³-hybridized carbons (Fsp3) is 0.533. The third-order valence-electron chi connectivity index (χ3n) is 3.37. The molecule has 0 saturated carbocycles. The van der Waals surface area contributed by atoms with Crippen molar-refractivity contribution in [2.24, 2.45) is 0 Å². The van der Waals surface area contributed by atoms with E-state index in [1.54, 1.807) is 12.1 Å². The quantitative estimate of drug-likeness (QED) is 0.746. The molecule has 1 aromatic carbocycles. The van der Waals surface area contributed by atoms with E-state index in [0.717, 1.165) is 25.8 Å². The van der Waals surface area contributed by atoms with E-state index < -0.39 is 0 Å². The molecule has 0 fully saturated rings. The minimum atomic E-state index is -0.338. The molecule has 0 spiro atoms. The predicted molar refractivity (Wildman–Crippen MR) is 80.8 cm³/mol. The minimum Gasteiger partial charge on any atom is -0.366 e. The van der Waals surface area contributed by atoms with E-state index >= 15 is 0 Å². The molecule has 0 amide bonds. The van der Waals surface area contributed by atoms with Gasteiger partial charge in [0.25, 0.3) is 0 Å². The van der Waals surface area contributed by atoms with Crippen molar-refractivity contribution in [3.05, 3.63) is 28.0 Å². The van der Waals surface area contributed by atoms with Crippen molar-refractivity contribution in [3.63, 3.8) is 0 Å². The second-order valence-corrected chi connectivity index (χ2v) is 5.47. The van der Waals surface area contributed by atoms with Crippen molar-refractivity contribution in [1.29, 1.82) is 5.26 Å². The van der Waals surface area contributed by atoms with Crippen LogP contribution in [0.2, 0.25) is 0 Å². The lowest BCUT2D eigenvalue weighted by Crippen LogP contribution is -2.34. The van der Waals surface area contributed by atoms with E-state index in [1.165, 1.54) is 0 Å². The summed E-state index contributed by atoms with van der Waals surface area (Å²) in [5, 5.41) is 8.91. The zero-order valence-corrected chi connectivity index (χ0v) is 13.3. The molecule has 1 aromatic rings. The van der Waals surface area contributed by atoms with Gasteiger partial charge >= 0.3 is 0 Å². The molecule has 0 radical (unpaired) electrons. The monoisotopic (exact) mass is 326 g/mol. The van der Waals surface area contributed by atoms with Gasteiger partial charge in [-0.3, -0.25) is 0 Å². The molecule has 104 valence electrons. The number of nitriles is 1. The summed E-state index contributed by atoms with van der Waals surface area (Å²) in [6.45, 7) is 7.15. The van der Waals surface area contributed by atoms with Crippen LogP contribution < -0.4 is 4.90 Å². The highest BCUT2D eigenvalue weighted by Crippen LogP contribution is 2.30. The Morgan fingerprint density at radius 3 is 2.63 bits per heavy atom. The highest BCUT2D eigenvalue weighted by atomic mass is 79.9. The average Bonchev–Trinajstić information content (AvgIpc) is 2.43. The lowest BCUT2D eigenvalue weighted by atomic mass is 10.1. The van der Waals surface area contributed by atoms with Crippen LogP contribution in [0.5, 0.6) is 0 Å². The van der Waals surface area contributed by atoms with Crippen LogP contribution in [0.3, 0.4) is 0 Å². The number of halogens is 2. The lowest BCUT2D eigenvalue weighted by Gasteiger charge is -2.31. The third kappa shape index (κ3) is 3.70. The standard InChI is InChI=1S/C15H20BrFN2/c1-4-6-9-19(11(3)5-2)13-8-7-12(10-18)14(16)15(13)17/h7-8,11H,4-6,9H2,1-3H3. The summed E-state index contributed by atoms with van der Waals surface area (Å²) in [4.78, 5) is 2.09. The first-order chi connectivity index (χ1) is 9.06. The Morgan fingerprint density at radius 2 is 2.11 bits per heavy atom. The normalized spacial score (nSPS) is 12.0. The molecule has 0 heterocycles. The van der Waals surface area contributed by atoms with Crippen molar-refractivity contribution in [3.8, 4) is 6.07 Å². The number of hydrogen-bond donors (Lipinski definition) is 0. The Hall–Kier alpha value is -1.08. The summed E-state index contributed by atoms with van der Waals surface area (Å²) >= 11 is 3.17. The first kappa shape index (κ1) is 16.0. The highest BCUT2D eigenvalue weighted by Gasteiger charge is 2.19. The van der Waals surface area contributed by atoms with Crippen molar-refractivity contribution < 1.29 is 4.39 Å². The zero-order chi connectivity index (χ0) is 14.4. The number of anilines is 1. The lowest BCUT2D eigenvalue weighted by molar-refractivity contribution is 0.562. The van der Waals surface area contributed by atoms with Gasteiger partial charge in [-0.25, -0.2) is 4.39 Å². The summed E-state index contributed by atoms with van der Waals surface area (Å²) in [5.41, 5.74) is 0.912. The van der Waals surface area contributed by atoms with Crippen LogP contribution >= 0.6 is 15.9 Å². The largest absolute Gasteiger partial charge is 0.366 e. The van der Waals surface area contributed by atoms with E-state index in [1.807, 2.05) is 6.07 Å². The number of unbranched alkanes of at least 4 members (excludes halogenated alkanes) is 1. The molecule has 19 heavy (non-hydrogen) atoms. The SMILES string of the molecule is CCCCN(c1ccc(C#N)c(Br)c1F)C(C)CC. The zero-order valence-electron chi connectivity index (χ0n) is 11.7. The van der Waals surface area contributed by atoms with Gasteiger partial charge in [0.15, 0.2) is 5.82 Å².